The fourth-order valence-corrected chi connectivity index (χ4v) is 3.90. The van der Waals surface area contributed by atoms with Crippen LogP contribution in [-0.4, -0.2) is 52.9 Å². The van der Waals surface area contributed by atoms with Crippen molar-refractivity contribution in [2.75, 3.05) is 13.2 Å². The topological polar surface area (TPSA) is 158 Å². The fraction of sp³-hybridized carbons (Fsp3) is 0.576. The largest absolute Gasteiger partial charge is 0.478 e. The van der Waals surface area contributed by atoms with Gasteiger partial charge in [0.15, 0.2) is 0 Å². The van der Waals surface area contributed by atoms with Gasteiger partial charge >= 0.3 is 22.3 Å². The van der Waals surface area contributed by atoms with Crippen LogP contribution in [0.2, 0.25) is 0 Å². The van der Waals surface area contributed by atoms with Crippen LogP contribution in [0.1, 0.15) is 121 Å². The first-order chi connectivity index (χ1) is 20.7. The summed E-state index contributed by atoms with van der Waals surface area (Å²) in [6, 6.07) is 13.8. The summed E-state index contributed by atoms with van der Waals surface area (Å²) in [5.74, 6) is -0.174. The van der Waals surface area contributed by atoms with Crippen molar-refractivity contribution in [3.63, 3.8) is 0 Å². The van der Waals surface area contributed by atoms with Crippen LogP contribution in [0.3, 0.4) is 0 Å². The summed E-state index contributed by atoms with van der Waals surface area (Å²) in [7, 11) is -4.67. The van der Waals surface area contributed by atoms with E-state index >= 15 is 0 Å². The number of hydrogen-bond acceptors (Lipinski definition) is 8. The van der Waals surface area contributed by atoms with E-state index in [1.54, 1.807) is 30.3 Å². The first kappa shape index (κ1) is 49.8. The van der Waals surface area contributed by atoms with Gasteiger partial charge in [-0.25, -0.2) is 9.59 Å². The molecule has 12 heteroatoms. The second kappa shape index (κ2) is 31.9. The maximum Gasteiger partial charge on any atom is 0.394 e. The zero-order valence-electron chi connectivity index (χ0n) is 27.0. The van der Waals surface area contributed by atoms with Crippen LogP contribution in [-0.2, 0) is 15.1 Å². The van der Waals surface area contributed by atoms with Crippen LogP contribution < -0.4 is 0 Å². The first-order valence-corrected chi connectivity index (χ1v) is 17.3. The minimum absolute atomic E-state index is 0. The molecule has 0 aliphatic heterocycles. The molecule has 0 amide bonds. The second-order valence-corrected chi connectivity index (χ2v) is 11.3. The van der Waals surface area contributed by atoms with Crippen molar-refractivity contribution in [2.45, 2.75) is 110 Å². The molecule has 0 fully saturated rings. The highest BCUT2D eigenvalue weighted by Crippen LogP contribution is 2.17. The van der Waals surface area contributed by atoms with Gasteiger partial charge in [-0.05, 0) is 48.9 Å². The number of carboxylic acid groups (broad SMARTS) is 1. The van der Waals surface area contributed by atoms with Gasteiger partial charge in [0, 0.05) is 16.4 Å². The summed E-state index contributed by atoms with van der Waals surface area (Å²) >= 11 is 8.22. The Hall–Kier alpha value is -2.09. The lowest BCUT2D eigenvalue weighted by molar-refractivity contribution is 0.0424. The van der Waals surface area contributed by atoms with Crippen LogP contribution in [0, 0.1) is 11.8 Å². The monoisotopic (exact) mass is 694 g/mol. The van der Waals surface area contributed by atoms with E-state index in [4.69, 9.17) is 32.5 Å². The highest BCUT2D eigenvalue weighted by Gasteiger charge is 2.13. The van der Waals surface area contributed by atoms with Crippen molar-refractivity contribution in [3.8, 4) is 0 Å². The van der Waals surface area contributed by atoms with Crippen LogP contribution in [0.5, 0.6) is 0 Å². The number of aliphatic hydroxyl groups excluding tert-OH is 1. The molecule has 0 heterocycles. The van der Waals surface area contributed by atoms with Crippen molar-refractivity contribution >= 4 is 47.6 Å². The SMILES string of the molecule is C.CC.CCCCC(CC)CO.CCCCC(CC)COC(=O)c1ccccc1S.O=C(O)c1ccccc1S.O=S(=O)(O)O. The number of hydrogen-bond donors (Lipinski definition) is 6. The number of unbranched alkanes of at least 4 members (excludes halogenated alkanes) is 2. The Morgan fingerprint density at radius 3 is 1.47 bits per heavy atom. The van der Waals surface area contributed by atoms with E-state index in [0.29, 0.717) is 40.4 Å². The van der Waals surface area contributed by atoms with Crippen molar-refractivity contribution < 1.29 is 42.1 Å². The average molecular weight is 695 g/mol. The molecule has 0 saturated heterocycles. The first-order valence-electron chi connectivity index (χ1n) is 15.0. The third kappa shape index (κ3) is 30.3. The van der Waals surface area contributed by atoms with E-state index in [1.807, 2.05) is 26.0 Å². The van der Waals surface area contributed by atoms with Crippen LogP contribution >= 0.6 is 25.3 Å². The van der Waals surface area contributed by atoms with E-state index < -0.39 is 16.4 Å². The zero-order chi connectivity index (χ0) is 34.6. The lowest BCUT2D eigenvalue weighted by Crippen LogP contribution is -2.14. The number of carboxylic acids is 1. The normalized spacial score (nSPS) is 11.1. The number of thiol groups is 2. The molecule has 9 nitrogen and oxygen atoms in total. The molecule has 2 aromatic rings. The number of aromatic carboxylic acids is 1. The molecule has 0 saturated carbocycles. The summed E-state index contributed by atoms with van der Waals surface area (Å²) in [4.78, 5) is 23.4. The Morgan fingerprint density at radius 1 is 0.778 bits per heavy atom. The van der Waals surface area contributed by atoms with E-state index in [-0.39, 0.29) is 19.0 Å². The summed E-state index contributed by atoms with van der Waals surface area (Å²) in [6.45, 7) is 13.5. The molecule has 0 aliphatic rings. The Labute approximate surface area is 283 Å². The van der Waals surface area contributed by atoms with Gasteiger partial charge in [-0.3, -0.25) is 9.11 Å². The quantitative estimate of drug-likeness (QED) is 0.0683. The highest BCUT2D eigenvalue weighted by molar-refractivity contribution is 7.80. The Morgan fingerprint density at radius 2 is 1.16 bits per heavy atom. The molecule has 0 radical (unpaired) electrons. The molecule has 262 valence electrons. The van der Waals surface area contributed by atoms with E-state index in [2.05, 4.69) is 53.0 Å². The van der Waals surface area contributed by atoms with Crippen LogP contribution in [0.25, 0.3) is 0 Å². The van der Waals surface area contributed by atoms with E-state index in [1.165, 1.54) is 38.2 Å². The Bertz CT molecular complexity index is 1100. The number of aliphatic hydroxyl groups is 1. The minimum Gasteiger partial charge on any atom is -0.478 e. The molecule has 0 spiro atoms. The van der Waals surface area contributed by atoms with E-state index in [9.17, 15) is 9.59 Å². The number of benzene rings is 2. The van der Waals surface area contributed by atoms with E-state index in [0.717, 1.165) is 19.3 Å². The van der Waals surface area contributed by atoms with Gasteiger partial charge in [0.05, 0.1) is 17.7 Å². The Kier molecular flexibility index (Phi) is 35.3. The maximum atomic E-state index is 11.9. The van der Waals surface area contributed by atoms with Crippen LogP contribution in [0.4, 0.5) is 0 Å². The molecule has 2 unspecified atom stereocenters. The lowest BCUT2D eigenvalue weighted by atomic mass is 10.0. The zero-order valence-corrected chi connectivity index (χ0v) is 29.6. The molecule has 0 aliphatic carbocycles. The van der Waals surface area contributed by atoms with Crippen molar-refractivity contribution in [3.05, 3.63) is 59.7 Å². The lowest BCUT2D eigenvalue weighted by Gasteiger charge is -2.15. The molecule has 2 atom stereocenters. The number of rotatable bonds is 13. The molecular weight excluding hydrogens is 637 g/mol. The molecule has 4 N–H and O–H groups in total. The third-order valence-electron chi connectivity index (χ3n) is 6.05. The molecule has 0 bridgehead atoms. The van der Waals surface area contributed by atoms with Gasteiger partial charge in [0.25, 0.3) is 0 Å². The molecular formula is C33H58O9S3. The van der Waals surface area contributed by atoms with Crippen molar-refractivity contribution in [1.29, 1.82) is 0 Å². The standard InChI is InChI=1S/C15H22O2S.C8H18O.C7H6O2S.C2H6.CH4.H2O4S/c1-3-5-8-12(4-2)11-17-15(16)13-9-6-7-10-14(13)18;1-3-5-6-8(4-2)7-9;8-7(9)5-3-1-2-4-6(5)10;1-2;;1-5(2,3)4/h6-7,9-10,12,18H,3-5,8,11H2,1-2H3;8-9H,3-7H2,1-2H3;1-4,10H,(H,8,9);1-2H3;1H4;(H2,1,2,3,4). The van der Waals surface area contributed by atoms with Gasteiger partial charge in [-0.1, -0.05) is 112 Å². The highest BCUT2D eigenvalue weighted by atomic mass is 32.3. The maximum absolute atomic E-state index is 11.9. The number of esters is 1. The van der Waals surface area contributed by atoms with Gasteiger partial charge < -0.3 is 14.9 Å². The summed E-state index contributed by atoms with van der Waals surface area (Å²) in [5, 5.41) is 17.3. The minimum atomic E-state index is -4.67. The predicted molar refractivity (Wildman–Crippen MR) is 191 cm³/mol. The van der Waals surface area contributed by atoms with Crippen molar-refractivity contribution in [1.82, 2.24) is 0 Å². The number of carbonyl (C=O) groups excluding carboxylic acids is 1. The second-order valence-electron chi connectivity index (χ2n) is 9.40. The molecule has 0 aromatic heterocycles. The summed E-state index contributed by atoms with van der Waals surface area (Å²) < 4.78 is 37.0. The van der Waals surface area contributed by atoms with Crippen LogP contribution in [0.15, 0.2) is 58.3 Å². The van der Waals surface area contributed by atoms with Gasteiger partial charge in [0.2, 0.25) is 0 Å². The van der Waals surface area contributed by atoms with Gasteiger partial charge in [0.1, 0.15) is 0 Å². The smallest absolute Gasteiger partial charge is 0.394 e. The van der Waals surface area contributed by atoms with Gasteiger partial charge in [-0.15, -0.1) is 25.3 Å². The summed E-state index contributed by atoms with van der Waals surface area (Å²) in [6.07, 6.45) is 9.39. The number of carbonyl (C=O) groups is 2. The number of ether oxygens (including phenoxy) is 1. The third-order valence-corrected chi connectivity index (χ3v) is 6.83. The molecule has 2 rings (SSSR count). The predicted octanol–water partition coefficient (Wildman–Crippen LogP) is 9.23. The summed E-state index contributed by atoms with van der Waals surface area (Å²) in [5.41, 5.74) is 0.789. The van der Waals surface area contributed by atoms with Crippen molar-refractivity contribution in [2.24, 2.45) is 11.8 Å². The van der Waals surface area contributed by atoms with Gasteiger partial charge in [-0.2, -0.15) is 8.42 Å². The Balaban J connectivity index is -0.000000266. The molecule has 45 heavy (non-hydrogen) atoms. The fourth-order valence-electron chi connectivity index (χ4n) is 3.39. The average Bonchev–Trinajstić information content (AvgIpc) is 2.99. The molecule has 2 aromatic carbocycles.